The van der Waals surface area contributed by atoms with Crippen LogP contribution < -0.4 is 9.47 Å². The Morgan fingerprint density at radius 1 is 0.870 bits per heavy atom. The topological polar surface area (TPSA) is 36.3 Å². The highest BCUT2D eigenvalue weighted by Gasteiger charge is 2.17. The SMILES string of the molecule is COc1ccc(C(c2ccc(OC)cc2)n2cc(I)cn2)cc1. The van der Waals surface area contributed by atoms with E-state index in [1.165, 1.54) is 0 Å². The summed E-state index contributed by atoms with van der Waals surface area (Å²) >= 11 is 2.27. The minimum absolute atomic E-state index is 0.00956. The van der Waals surface area contributed by atoms with Gasteiger partial charge < -0.3 is 9.47 Å². The molecule has 0 unspecified atom stereocenters. The molecule has 118 valence electrons. The molecule has 5 heteroatoms. The second-order valence-electron chi connectivity index (χ2n) is 5.09. The van der Waals surface area contributed by atoms with Gasteiger partial charge in [0.05, 0.1) is 24.0 Å². The third-order valence-electron chi connectivity index (χ3n) is 3.70. The highest BCUT2D eigenvalue weighted by atomic mass is 127. The zero-order chi connectivity index (χ0) is 16.2. The Balaban J connectivity index is 2.05. The lowest BCUT2D eigenvalue weighted by Crippen LogP contribution is -2.12. The van der Waals surface area contributed by atoms with E-state index in [9.17, 15) is 0 Å². The summed E-state index contributed by atoms with van der Waals surface area (Å²) in [6, 6.07) is 16.2. The smallest absolute Gasteiger partial charge is 0.118 e. The molecule has 0 radical (unpaired) electrons. The van der Waals surface area contributed by atoms with Gasteiger partial charge in [0.2, 0.25) is 0 Å². The maximum Gasteiger partial charge on any atom is 0.118 e. The molecule has 23 heavy (non-hydrogen) atoms. The molecule has 1 aromatic heterocycles. The van der Waals surface area contributed by atoms with E-state index in [0.717, 1.165) is 26.2 Å². The first-order valence-electron chi connectivity index (χ1n) is 7.19. The molecule has 3 rings (SSSR count). The number of methoxy groups -OCH3 is 2. The Morgan fingerprint density at radius 3 is 1.70 bits per heavy atom. The zero-order valence-corrected chi connectivity index (χ0v) is 15.1. The van der Waals surface area contributed by atoms with Crippen LogP contribution in [0.15, 0.2) is 60.9 Å². The Morgan fingerprint density at radius 2 is 1.35 bits per heavy atom. The normalized spacial score (nSPS) is 10.8. The van der Waals surface area contributed by atoms with Crippen molar-refractivity contribution in [3.8, 4) is 11.5 Å². The van der Waals surface area contributed by atoms with Crippen LogP contribution in [-0.2, 0) is 0 Å². The summed E-state index contributed by atoms with van der Waals surface area (Å²) in [6.07, 6.45) is 3.90. The summed E-state index contributed by atoms with van der Waals surface area (Å²) in [4.78, 5) is 0. The van der Waals surface area contributed by atoms with Gasteiger partial charge in [-0.15, -0.1) is 0 Å². The van der Waals surface area contributed by atoms with Crippen molar-refractivity contribution in [3.63, 3.8) is 0 Å². The summed E-state index contributed by atoms with van der Waals surface area (Å²) in [5, 5.41) is 4.50. The van der Waals surface area contributed by atoms with Gasteiger partial charge >= 0.3 is 0 Å². The maximum atomic E-state index is 5.25. The number of rotatable bonds is 5. The lowest BCUT2D eigenvalue weighted by molar-refractivity contribution is 0.414. The van der Waals surface area contributed by atoms with Crippen LogP contribution in [0.4, 0.5) is 0 Å². The average molecular weight is 420 g/mol. The molecule has 0 bridgehead atoms. The van der Waals surface area contributed by atoms with E-state index in [-0.39, 0.29) is 6.04 Å². The van der Waals surface area contributed by atoms with E-state index in [1.807, 2.05) is 41.3 Å². The molecule has 1 heterocycles. The zero-order valence-electron chi connectivity index (χ0n) is 12.9. The van der Waals surface area contributed by atoms with Gasteiger partial charge in [-0.25, -0.2) is 0 Å². The minimum atomic E-state index is 0.00956. The molecule has 0 fully saturated rings. The first-order chi connectivity index (χ1) is 11.2. The molecular formula is C18H17IN2O2. The Kier molecular flexibility index (Phi) is 4.85. The van der Waals surface area contributed by atoms with Crippen LogP contribution in [0.5, 0.6) is 11.5 Å². The van der Waals surface area contributed by atoms with Crippen LogP contribution in [0.25, 0.3) is 0 Å². The predicted octanol–water partition coefficient (Wildman–Crippen LogP) is 4.14. The van der Waals surface area contributed by atoms with E-state index < -0.39 is 0 Å². The lowest BCUT2D eigenvalue weighted by Gasteiger charge is -2.19. The molecule has 4 nitrogen and oxygen atoms in total. The van der Waals surface area contributed by atoms with Gasteiger partial charge in [0.1, 0.15) is 17.5 Å². The first kappa shape index (κ1) is 15.9. The molecule has 0 amide bonds. The summed E-state index contributed by atoms with van der Waals surface area (Å²) in [7, 11) is 3.34. The van der Waals surface area contributed by atoms with E-state index in [4.69, 9.17) is 9.47 Å². The Bertz CT molecular complexity index is 719. The molecule has 3 aromatic rings. The molecule has 0 saturated carbocycles. The highest BCUT2D eigenvalue weighted by Crippen LogP contribution is 2.29. The van der Waals surface area contributed by atoms with Crippen molar-refractivity contribution >= 4 is 22.6 Å². The number of nitrogens with zero attached hydrogens (tertiary/aromatic N) is 2. The predicted molar refractivity (Wildman–Crippen MR) is 98.2 cm³/mol. The number of hydrogen-bond acceptors (Lipinski definition) is 3. The molecular weight excluding hydrogens is 403 g/mol. The van der Waals surface area contributed by atoms with Crippen LogP contribution in [0.2, 0.25) is 0 Å². The fourth-order valence-corrected chi connectivity index (χ4v) is 2.94. The van der Waals surface area contributed by atoms with Crippen LogP contribution in [-0.4, -0.2) is 24.0 Å². The average Bonchev–Trinajstić information content (AvgIpc) is 3.02. The number of ether oxygens (including phenoxy) is 2. The van der Waals surface area contributed by atoms with Crippen molar-refractivity contribution in [1.82, 2.24) is 9.78 Å². The summed E-state index contributed by atoms with van der Waals surface area (Å²) < 4.78 is 13.6. The van der Waals surface area contributed by atoms with E-state index >= 15 is 0 Å². The van der Waals surface area contributed by atoms with Gasteiger partial charge in [-0.05, 0) is 58.0 Å². The Hall–Kier alpha value is -2.02. The van der Waals surface area contributed by atoms with Crippen molar-refractivity contribution < 1.29 is 9.47 Å². The van der Waals surface area contributed by atoms with E-state index in [1.54, 1.807) is 14.2 Å². The standard InChI is InChI=1S/C18H17IN2O2/c1-22-16-7-3-13(4-8-16)18(21-12-15(19)11-20-21)14-5-9-17(23-2)10-6-14/h3-12,18H,1-2H3. The molecule has 0 aliphatic carbocycles. The maximum absolute atomic E-state index is 5.25. The second kappa shape index (κ2) is 7.04. The Labute approximate surface area is 149 Å². The van der Waals surface area contributed by atoms with Crippen LogP contribution >= 0.6 is 22.6 Å². The van der Waals surface area contributed by atoms with Crippen molar-refractivity contribution in [1.29, 1.82) is 0 Å². The first-order valence-corrected chi connectivity index (χ1v) is 8.26. The molecule has 0 saturated heterocycles. The number of aromatic nitrogens is 2. The van der Waals surface area contributed by atoms with Gasteiger partial charge in [-0.3, -0.25) is 4.68 Å². The molecule has 0 aliphatic heterocycles. The largest absolute Gasteiger partial charge is 0.497 e. The fraction of sp³-hybridized carbons (Fsp3) is 0.167. The monoisotopic (exact) mass is 420 g/mol. The number of benzene rings is 2. The van der Waals surface area contributed by atoms with Gasteiger partial charge in [-0.1, -0.05) is 24.3 Å². The number of halogens is 1. The molecule has 0 atom stereocenters. The second-order valence-corrected chi connectivity index (χ2v) is 6.33. The third kappa shape index (κ3) is 3.50. The van der Waals surface area contributed by atoms with Crippen LogP contribution in [0.1, 0.15) is 17.2 Å². The summed E-state index contributed by atoms with van der Waals surface area (Å²) in [5.74, 6) is 1.69. The molecule has 0 N–H and O–H groups in total. The quantitative estimate of drug-likeness (QED) is 0.583. The number of hydrogen-bond donors (Lipinski definition) is 0. The lowest BCUT2D eigenvalue weighted by atomic mass is 9.98. The third-order valence-corrected chi connectivity index (χ3v) is 4.25. The van der Waals surface area contributed by atoms with Crippen LogP contribution in [0, 0.1) is 3.57 Å². The summed E-state index contributed by atoms with van der Waals surface area (Å²) in [6.45, 7) is 0. The summed E-state index contributed by atoms with van der Waals surface area (Å²) in [5.41, 5.74) is 2.30. The van der Waals surface area contributed by atoms with Gasteiger partial charge in [0.25, 0.3) is 0 Å². The molecule has 0 spiro atoms. The van der Waals surface area contributed by atoms with Crippen LogP contribution in [0.3, 0.4) is 0 Å². The van der Waals surface area contributed by atoms with Gasteiger partial charge in [0.15, 0.2) is 0 Å². The molecule has 0 aliphatic rings. The van der Waals surface area contributed by atoms with Crippen molar-refractivity contribution in [3.05, 3.63) is 75.6 Å². The van der Waals surface area contributed by atoms with E-state index in [0.29, 0.717) is 0 Å². The van der Waals surface area contributed by atoms with Crippen molar-refractivity contribution in [2.75, 3.05) is 14.2 Å². The van der Waals surface area contributed by atoms with Gasteiger partial charge in [0, 0.05) is 6.20 Å². The minimum Gasteiger partial charge on any atom is -0.497 e. The highest BCUT2D eigenvalue weighted by molar-refractivity contribution is 14.1. The molecule has 2 aromatic carbocycles. The van der Waals surface area contributed by atoms with E-state index in [2.05, 4.69) is 52.0 Å². The van der Waals surface area contributed by atoms with Gasteiger partial charge in [-0.2, -0.15) is 5.10 Å². The van der Waals surface area contributed by atoms with Crippen molar-refractivity contribution in [2.45, 2.75) is 6.04 Å². The fourth-order valence-electron chi connectivity index (χ4n) is 2.53. The van der Waals surface area contributed by atoms with Crippen molar-refractivity contribution in [2.24, 2.45) is 0 Å².